The Morgan fingerprint density at radius 2 is 1.95 bits per heavy atom. The maximum Gasteiger partial charge on any atom is 0.224 e. The van der Waals surface area contributed by atoms with Crippen molar-refractivity contribution in [2.45, 2.75) is 25.2 Å². The zero-order chi connectivity index (χ0) is 15.4. The van der Waals surface area contributed by atoms with Gasteiger partial charge in [-0.1, -0.05) is 46.3 Å². The van der Waals surface area contributed by atoms with Gasteiger partial charge in [0.25, 0.3) is 0 Å². The van der Waals surface area contributed by atoms with Gasteiger partial charge in [0.1, 0.15) is 0 Å². The van der Waals surface area contributed by atoms with Crippen molar-refractivity contribution in [3.63, 3.8) is 0 Å². The standard InChI is InChI=1S/C18H20BrNO2/c19-9-4-10-22-14-7-8-17-16(11-14)15(12-18(21)20-17)13-5-2-1-3-6-13/h1-3,5-8,15-16H,4,9-12H2,(H,20,21). The number of ether oxygens (including phenoxy) is 1. The molecular weight excluding hydrogens is 342 g/mol. The van der Waals surface area contributed by atoms with Gasteiger partial charge >= 0.3 is 0 Å². The number of carbonyl (C=O) groups is 1. The SMILES string of the molecule is O=C1CC(c2ccccc2)C2CC(OCCCBr)=CC=C2N1. The molecule has 1 aliphatic carbocycles. The summed E-state index contributed by atoms with van der Waals surface area (Å²) in [7, 11) is 0. The largest absolute Gasteiger partial charge is 0.498 e. The number of carbonyl (C=O) groups excluding carboxylic acids is 1. The van der Waals surface area contributed by atoms with Gasteiger partial charge in [0.05, 0.1) is 12.4 Å². The summed E-state index contributed by atoms with van der Waals surface area (Å²) < 4.78 is 5.86. The molecule has 3 rings (SSSR count). The number of benzene rings is 1. The molecule has 22 heavy (non-hydrogen) atoms. The van der Waals surface area contributed by atoms with E-state index in [1.54, 1.807) is 0 Å². The molecule has 2 unspecified atom stereocenters. The zero-order valence-corrected chi connectivity index (χ0v) is 14.0. The summed E-state index contributed by atoms with van der Waals surface area (Å²) in [5, 5.41) is 3.97. The lowest BCUT2D eigenvalue weighted by atomic mass is 9.75. The lowest BCUT2D eigenvalue weighted by molar-refractivity contribution is -0.122. The summed E-state index contributed by atoms with van der Waals surface area (Å²) in [6, 6.07) is 10.3. The molecule has 1 aliphatic heterocycles. The van der Waals surface area contributed by atoms with Crippen molar-refractivity contribution in [2.24, 2.45) is 5.92 Å². The second kappa shape index (κ2) is 7.14. The number of halogens is 1. The molecule has 0 spiro atoms. The van der Waals surface area contributed by atoms with E-state index in [1.165, 1.54) is 5.56 Å². The van der Waals surface area contributed by atoms with E-state index in [1.807, 2.05) is 30.4 Å². The third-order valence-corrected chi connectivity index (χ3v) is 4.80. The van der Waals surface area contributed by atoms with Crippen molar-refractivity contribution in [1.29, 1.82) is 0 Å². The van der Waals surface area contributed by atoms with Crippen LogP contribution in [0.1, 0.15) is 30.7 Å². The molecule has 0 aromatic heterocycles. The Kier molecular flexibility index (Phi) is 4.98. The number of hydrogen-bond donors (Lipinski definition) is 1. The molecule has 0 bridgehead atoms. The Balaban J connectivity index is 1.79. The molecule has 1 aromatic rings. The smallest absolute Gasteiger partial charge is 0.224 e. The fraction of sp³-hybridized carbons (Fsp3) is 0.389. The fourth-order valence-electron chi connectivity index (χ4n) is 3.16. The predicted molar refractivity (Wildman–Crippen MR) is 90.6 cm³/mol. The Labute approximate surface area is 139 Å². The molecular formula is C18H20BrNO2. The third kappa shape index (κ3) is 3.43. The minimum absolute atomic E-state index is 0.105. The average Bonchev–Trinajstić information content (AvgIpc) is 2.55. The number of nitrogens with one attached hydrogen (secondary N) is 1. The molecule has 1 heterocycles. The molecule has 2 atom stereocenters. The number of hydrogen-bond acceptors (Lipinski definition) is 2. The minimum Gasteiger partial charge on any atom is -0.498 e. The summed E-state index contributed by atoms with van der Waals surface area (Å²) in [5.74, 6) is 1.65. The highest BCUT2D eigenvalue weighted by Gasteiger charge is 2.35. The molecule has 0 radical (unpaired) electrons. The monoisotopic (exact) mass is 361 g/mol. The van der Waals surface area contributed by atoms with Gasteiger partial charge in [-0.3, -0.25) is 4.79 Å². The van der Waals surface area contributed by atoms with Crippen molar-refractivity contribution in [3.8, 4) is 0 Å². The van der Waals surface area contributed by atoms with Gasteiger partial charge < -0.3 is 10.1 Å². The molecule has 1 fully saturated rings. The van der Waals surface area contributed by atoms with Crippen LogP contribution >= 0.6 is 15.9 Å². The van der Waals surface area contributed by atoms with Crippen molar-refractivity contribution >= 4 is 21.8 Å². The molecule has 1 N–H and O–H groups in total. The summed E-state index contributed by atoms with van der Waals surface area (Å²) in [5.41, 5.74) is 2.26. The highest BCUT2D eigenvalue weighted by molar-refractivity contribution is 9.09. The molecule has 1 saturated heterocycles. The molecule has 1 aromatic carbocycles. The van der Waals surface area contributed by atoms with Gasteiger partial charge in [-0.15, -0.1) is 0 Å². The molecule has 0 saturated carbocycles. The summed E-state index contributed by atoms with van der Waals surface area (Å²) in [6.07, 6.45) is 6.39. The summed E-state index contributed by atoms with van der Waals surface area (Å²) in [4.78, 5) is 12.0. The Bertz CT molecular complexity index is 594. The molecule has 116 valence electrons. The van der Waals surface area contributed by atoms with Crippen molar-refractivity contribution in [1.82, 2.24) is 5.32 Å². The van der Waals surface area contributed by atoms with Crippen LogP contribution in [-0.2, 0) is 9.53 Å². The lowest BCUT2D eigenvalue weighted by Gasteiger charge is -2.36. The second-order valence-corrected chi connectivity index (χ2v) is 6.52. The molecule has 3 nitrogen and oxygen atoms in total. The zero-order valence-electron chi connectivity index (χ0n) is 12.4. The normalized spacial score (nSPS) is 24.0. The molecule has 1 amide bonds. The van der Waals surface area contributed by atoms with E-state index in [4.69, 9.17) is 4.74 Å². The quantitative estimate of drug-likeness (QED) is 0.638. The molecule has 2 aliphatic rings. The Morgan fingerprint density at radius 3 is 2.73 bits per heavy atom. The third-order valence-electron chi connectivity index (χ3n) is 4.24. The first kappa shape index (κ1) is 15.3. The molecule has 4 heteroatoms. The minimum atomic E-state index is 0.105. The van der Waals surface area contributed by atoms with Gasteiger partial charge in [0, 0.05) is 35.7 Å². The highest BCUT2D eigenvalue weighted by atomic mass is 79.9. The maximum absolute atomic E-state index is 12.0. The first-order valence-electron chi connectivity index (χ1n) is 7.72. The highest BCUT2D eigenvalue weighted by Crippen LogP contribution is 2.41. The summed E-state index contributed by atoms with van der Waals surface area (Å²) in [6.45, 7) is 0.731. The van der Waals surface area contributed by atoms with E-state index in [0.29, 0.717) is 12.3 Å². The van der Waals surface area contributed by atoms with E-state index >= 15 is 0 Å². The van der Waals surface area contributed by atoms with E-state index in [0.717, 1.165) is 36.2 Å². The first-order valence-corrected chi connectivity index (χ1v) is 8.84. The van der Waals surface area contributed by atoms with Crippen molar-refractivity contribution in [3.05, 3.63) is 59.5 Å². The Hall–Kier alpha value is -1.55. The Morgan fingerprint density at radius 1 is 1.14 bits per heavy atom. The van der Waals surface area contributed by atoms with Crippen LogP contribution in [0, 0.1) is 5.92 Å². The van der Waals surface area contributed by atoms with Crippen LogP contribution in [0.15, 0.2) is 53.9 Å². The number of alkyl halides is 1. The predicted octanol–water partition coefficient (Wildman–Crippen LogP) is 3.88. The second-order valence-electron chi connectivity index (χ2n) is 5.73. The number of piperidine rings is 1. The van der Waals surface area contributed by atoms with Gasteiger partial charge in [0.15, 0.2) is 0 Å². The first-order chi connectivity index (χ1) is 10.8. The van der Waals surface area contributed by atoms with Crippen molar-refractivity contribution in [2.75, 3.05) is 11.9 Å². The number of rotatable bonds is 5. The maximum atomic E-state index is 12.0. The van der Waals surface area contributed by atoms with Gasteiger partial charge in [-0.05, 0) is 24.1 Å². The van der Waals surface area contributed by atoms with Crippen LogP contribution in [0.5, 0.6) is 0 Å². The number of fused-ring (bicyclic) bond motifs is 1. The van der Waals surface area contributed by atoms with Crippen LogP contribution in [0.2, 0.25) is 0 Å². The van der Waals surface area contributed by atoms with Gasteiger partial charge in [-0.2, -0.15) is 0 Å². The van der Waals surface area contributed by atoms with Crippen LogP contribution in [0.4, 0.5) is 0 Å². The summed E-state index contributed by atoms with van der Waals surface area (Å²) >= 11 is 3.42. The van der Waals surface area contributed by atoms with Crippen LogP contribution in [-0.4, -0.2) is 17.8 Å². The van der Waals surface area contributed by atoms with E-state index in [-0.39, 0.29) is 11.8 Å². The number of amides is 1. The van der Waals surface area contributed by atoms with Crippen LogP contribution < -0.4 is 5.32 Å². The number of allylic oxidation sites excluding steroid dienone is 4. The van der Waals surface area contributed by atoms with Gasteiger partial charge in [0.2, 0.25) is 5.91 Å². The average molecular weight is 362 g/mol. The van der Waals surface area contributed by atoms with Crippen LogP contribution in [0.25, 0.3) is 0 Å². The lowest BCUT2D eigenvalue weighted by Crippen LogP contribution is -2.39. The van der Waals surface area contributed by atoms with Crippen LogP contribution in [0.3, 0.4) is 0 Å². The topological polar surface area (TPSA) is 38.3 Å². The van der Waals surface area contributed by atoms with E-state index in [9.17, 15) is 4.79 Å². The van der Waals surface area contributed by atoms with E-state index in [2.05, 4.69) is 33.4 Å². The van der Waals surface area contributed by atoms with Gasteiger partial charge in [-0.25, -0.2) is 0 Å². The fourth-order valence-corrected chi connectivity index (χ4v) is 3.39. The van der Waals surface area contributed by atoms with E-state index < -0.39 is 0 Å². The van der Waals surface area contributed by atoms with Crippen molar-refractivity contribution < 1.29 is 9.53 Å².